The summed E-state index contributed by atoms with van der Waals surface area (Å²) in [6, 6.07) is 14.2. The predicted molar refractivity (Wildman–Crippen MR) is 117 cm³/mol. The number of piperidine rings is 1. The lowest BCUT2D eigenvalue weighted by Crippen LogP contribution is -2.55. The van der Waals surface area contributed by atoms with Gasteiger partial charge in [-0.1, -0.05) is 35.9 Å². The summed E-state index contributed by atoms with van der Waals surface area (Å²) in [5.41, 5.74) is 0.776. The highest BCUT2D eigenvalue weighted by molar-refractivity contribution is 6.30. The number of hydrogen-bond donors (Lipinski definition) is 1. The molecular weight excluding hydrogens is 432 g/mol. The smallest absolute Gasteiger partial charge is 0.261 e. The van der Waals surface area contributed by atoms with E-state index < -0.39 is 11.4 Å². The van der Waals surface area contributed by atoms with Gasteiger partial charge in [0.05, 0.1) is 43.0 Å². The molecule has 3 heterocycles. The molecule has 0 atom stereocenters. The van der Waals surface area contributed by atoms with E-state index in [0.717, 1.165) is 5.56 Å². The van der Waals surface area contributed by atoms with Crippen LogP contribution in [0.3, 0.4) is 0 Å². The van der Waals surface area contributed by atoms with Crippen molar-refractivity contribution in [3.05, 3.63) is 70.2 Å². The third-order valence-electron chi connectivity index (χ3n) is 6.62. The van der Waals surface area contributed by atoms with Crippen molar-refractivity contribution in [3.8, 4) is 0 Å². The second-order valence-electron chi connectivity index (χ2n) is 8.66. The highest BCUT2D eigenvalue weighted by atomic mass is 35.5. The van der Waals surface area contributed by atoms with Gasteiger partial charge >= 0.3 is 0 Å². The number of carbonyl (C=O) groups excluding carboxylic acids is 2. The summed E-state index contributed by atoms with van der Waals surface area (Å²) in [5, 5.41) is 11.8. The van der Waals surface area contributed by atoms with Gasteiger partial charge in [-0.2, -0.15) is 0 Å². The number of rotatable bonds is 5. The molecule has 2 amide bonds. The van der Waals surface area contributed by atoms with Crippen LogP contribution in [0.4, 0.5) is 0 Å². The van der Waals surface area contributed by atoms with Crippen LogP contribution < -0.4 is 0 Å². The zero-order valence-electron chi connectivity index (χ0n) is 17.6. The van der Waals surface area contributed by atoms with Gasteiger partial charge in [0, 0.05) is 18.1 Å². The largest absolute Gasteiger partial charge is 0.385 e. The molecule has 0 spiro atoms. The average molecular weight is 457 g/mol. The Hall–Kier alpha value is -2.29. The molecule has 32 heavy (non-hydrogen) atoms. The first-order valence-corrected chi connectivity index (χ1v) is 11.2. The quantitative estimate of drug-likeness (QED) is 0.697. The van der Waals surface area contributed by atoms with Crippen molar-refractivity contribution in [2.45, 2.75) is 24.2 Å². The van der Waals surface area contributed by atoms with Crippen LogP contribution in [0.15, 0.2) is 48.5 Å². The molecule has 2 fully saturated rings. The average Bonchev–Trinajstić information content (AvgIpc) is 3.35. The number of aliphatic hydroxyl groups is 1. The highest BCUT2D eigenvalue weighted by Crippen LogP contribution is 2.35. The first-order valence-electron chi connectivity index (χ1n) is 10.8. The Labute approximate surface area is 191 Å². The van der Waals surface area contributed by atoms with E-state index >= 15 is 0 Å². The van der Waals surface area contributed by atoms with Crippen molar-refractivity contribution in [1.29, 1.82) is 0 Å². The number of halogens is 1. The predicted octanol–water partition coefficient (Wildman–Crippen LogP) is 2.66. The summed E-state index contributed by atoms with van der Waals surface area (Å²) in [6.45, 7) is 2.54. The Morgan fingerprint density at radius 2 is 1.44 bits per heavy atom. The van der Waals surface area contributed by atoms with Gasteiger partial charge < -0.3 is 14.6 Å². The molecule has 0 aromatic heterocycles. The second kappa shape index (κ2) is 8.24. The Morgan fingerprint density at radius 3 is 2.00 bits per heavy atom. The fourth-order valence-electron chi connectivity index (χ4n) is 4.82. The molecule has 2 aromatic carbocycles. The van der Waals surface area contributed by atoms with Crippen molar-refractivity contribution in [1.82, 2.24) is 9.80 Å². The molecule has 2 saturated heterocycles. The monoisotopic (exact) mass is 456 g/mol. The van der Waals surface area contributed by atoms with Crippen LogP contribution >= 0.6 is 11.6 Å². The maximum atomic E-state index is 12.8. The van der Waals surface area contributed by atoms with Gasteiger partial charge in [0.15, 0.2) is 5.79 Å². The van der Waals surface area contributed by atoms with E-state index in [1.165, 1.54) is 4.90 Å². The van der Waals surface area contributed by atoms with Crippen LogP contribution in [0.25, 0.3) is 0 Å². The lowest BCUT2D eigenvalue weighted by molar-refractivity contribution is -0.180. The number of likely N-dealkylation sites (tertiary alicyclic amines) is 1. The number of carbonyl (C=O) groups is 2. The van der Waals surface area contributed by atoms with Crippen molar-refractivity contribution in [2.75, 3.05) is 39.4 Å². The van der Waals surface area contributed by atoms with Crippen molar-refractivity contribution in [2.24, 2.45) is 0 Å². The lowest BCUT2D eigenvalue weighted by Gasteiger charge is -2.42. The van der Waals surface area contributed by atoms with Gasteiger partial charge in [-0.05, 0) is 42.7 Å². The van der Waals surface area contributed by atoms with Crippen molar-refractivity contribution < 1.29 is 24.2 Å². The number of amides is 2. The zero-order valence-corrected chi connectivity index (χ0v) is 18.4. The van der Waals surface area contributed by atoms with Crippen LogP contribution in [0.1, 0.15) is 39.1 Å². The molecule has 0 aliphatic carbocycles. The number of benzene rings is 2. The zero-order chi connectivity index (χ0) is 22.3. The second-order valence-corrected chi connectivity index (χ2v) is 9.10. The van der Waals surface area contributed by atoms with E-state index in [4.69, 9.17) is 21.1 Å². The summed E-state index contributed by atoms with van der Waals surface area (Å²) >= 11 is 5.98. The van der Waals surface area contributed by atoms with Gasteiger partial charge in [-0.3, -0.25) is 19.4 Å². The molecule has 8 heteroatoms. The Bertz CT molecular complexity index is 992. The third-order valence-corrected chi connectivity index (χ3v) is 6.87. The highest BCUT2D eigenvalue weighted by Gasteiger charge is 2.47. The van der Waals surface area contributed by atoms with Crippen LogP contribution in [0, 0.1) is 0 Å². The van der Waals surface area contributed by atoms with Crippen LogP contribution in [-0.4, -0.2) is 71.9 Å². The van der Waals surface area contributed by atoms with E-state index in [-0.39, 0.29) is 18.4 Å². The van der Waals surface area contributed by atoms with Gasteiger partial charge in [0.1, 0.15) is 0 Å². The number of hydrogen-bond acceptors (Lipinski definition) is 6. The summed E-state index contributed by atoms with van der Waals surface area (Å²) < 4.78 is 11.9. The molecule has 2 aromatic rings. The minimum Gasteiger partial charge on any atom is -0.385 e. The van der Waals surface area contributed by atoms with Gasteiger partial charge in [-0.25, -0.2) is 0 Å². The van der Waals surface area contributed by atoms with Crippen molar-refractivity contribution >= 4 is 23.4 Å². The molecule has 7 nitrogen and oxygen atoms in total. The molecule has 5 rings (SSSR count). The molecular formula is C24H25ClN2O5. The summed E-state index contributed by atoms with van der Waals surface area (Å²) in [5.74, 6) is -1.71. The maximum absolute atomic E-state index is 12.8. The molecule has 3 aliphatic rings. The maximum Gasteiger partial charge on any atom is 0.261 e. The molecule has 0 unspecified atom stereocenters. The van der Waals surface area contributed by atoms with Crippen molar-refractivity contribution in [3.63, 3.8) is 0 Å². The Morgan fingerprint density at radius 1 is 0.875 bits per heavy atom. The summed E-state index contributed by atoms with van der Waals surface area (Å²) in [7, 11) is 0. The normalized spacial score (nSPS) is 22.4. The van der Waals surface area contributed by atoms with E-state index in [1.807, 2.05) is 12.1 Å². The van der Waals surface area contributed by atoms with E-state index in [1.54, 1.807) is 36.4 Å². The minimum absolute atomic E-state index is 0.0390. The third kappa shape index (κ3) is 3.84. The first-order chi connectivity index (χ1) is 15.4. The first kappa shape index (κ1) is 21.6. The molecule has 0 saturated carbocycles. The topological polar surface area (TPSA) is 79.3 Å². The molecule has 3 aliphatic heterocycles. The van der Waals surface area contributed by atoms with Crippen LogP contribution in [-0.2, 0) is 15.1 Å². The van der Waals surface area contributed by atoms with Crippen LogP contribution in [0.5, 0.6) is 0 Å². The van der Waals surface area contributed by atoms with Gasteiger partial charge in [0.2, 0.25) is 0 Å². The fraction of sp³-hybridized carbons (Fsp3) is 0.417. The summed E-state index contributed by atoms with van der Waals surface area (Å²) in [6.07, 6.45) is 1.11. The number of ether oxygens (including phenoxy) is 2. The molecule has 0 bridgehead atoms. The van der Waals surface area contributed by atoms with Crippen LogP contribution in [0.2, 0.25) is 5.02 Å². The molecule has 168 valence electrons. The number of nitrogens with zero attached hydrogens (tertiary/aromatic N) is 2. The number of imide groups is 1. The SMILES string of the molecule is O=C1c2ccccc2C(=O)N1CC1(CN2CCC(O)(c3ccc(Cl)cc3)CC2)OCCO1. The standard InChI is InChI=1S/C24H25ClN2O5/c25-18-7-5-17(6-8-18)23(30)9-11-26(12-10-23)15-24(31-13-14-32-24)16-27-21(28)19-3-1-2-4-20(19)22(27)29/h1-8,30H,9-16H2. The van der Waals surface area contributed by atoms with Gasteiger partial charge in [-0.15, -0.1) is 0 Å². The molecule has 1 N–H and O–H groups in total. The Kier molecular flexibility index (Phi) is 5.55. The van der Waals surface area contributed by atoms with E-state index in [2.05, 4.69) is 4.90 Å². The Balaban J connectivity index is 1.27. The van der Waals surface area contributed by atoms with E-state index in [9.17, 15) is 14.7 Å². The van der Waals surface area contributed by atoms with E-state index in [0.29, 0.717) is 61.8 Å². The minimum atomic E-state index is -1.07. The summed E-state index contributed by atoms with van der Waals surface area (Å²) in [4.78, 5) is 29.1. The van der Waals surface area contributed by atoms with Gasteiger partial charge in [0.25, 0.3) is 11.8 Å². The molecule has 0 radical (unpaired) electrons. The fourth-order valence-corrected chi connectivity index (χ4v) is 4.95. The number of fused-ring (bicyclic) bond motifs is 1. The lowest BCUT2D eigenvalue weighted by atomic mass is 9.84.